The Balaban J connectivity index is 2.31. The lowest BCUT2D eigenvalue weighted by atomic mass is 9.84. The number of halogens is 1. The summed E-state index contributed by atoms with van der Waals surface area (Å²) in [4.78, 5) is 0.184. The third-order valence-corrected chi connectivity index (χ3v) is 6.04. The third-order valence-electron chi connectivity index (χ3n) is 3.90. The van der Waals surface area contributed by atoms with Crippen molar-refractivity contribution in [3.05, 3.63) is 22.7 Å². The molecule has 0 amide bonds. The molecule has 1 aromatic rings. The summed E-state index contributed by atoms with van der Waals surface area (Å²) in [5, 5.41) is 0.410. The number of aryl methyl sites for hydroxylation is 1. The molecule has 112 valence electrons. The van der Waals surface area contributed by atoms with Crippen LogP contribution in [0.4, 0.5) is 5.69 Å². The summed E-state index contributed by atoms with van der Waals surface area (Å²) in [6.45, 7) is 3.72. The van der Waals surface area contributed by atoms with Gasteiger partial charge in [0.05, 0.1) is 15.6 Å². The molecule has 0 heterocycles. The maximum atomic E-state index is 12.5. The molecule has 0 saturated heterocycles. The van der Waals surface area contributed by atoms with Crippen LogP contribution in [-0.2, 0) is 10.0 Å². The van der Waals surface area contributed by atoms with Crippen LogP contribution in [-0.4, -0.2) is 14.0 Å². The molecule has 0 unspecified atom stereocenters. The predicted octanol–water partition coefficient (Wildman–Crippen LogP) is 3.23. The molecule has 20 heavy (non-hydrogen) atoms. The molecule has 0 radical (unpaired) electrons. The van der Waals surface area contributed by atoms with E-state index in [9.17, 15) is 8.42 Å². The highest BCUT2D eigenvalue weighted by molar-refractivity contribution is 7.89. The standard InChI is InChI=1S/C14H21ClN2O2S/c1-10-8-11(9-12(16)13(10)15)20(18,19)17-14(2)6-4-3-5-7-14/h8-9,17H,3-7,16H2,1-2H3. The summed E-state index contributed by atoms with van der Waals surface area (Å²) < 4.78 is 27.9. The minimum atomic E-state index is -3.57. The molecule has 0 aliphatic heterocycles. The Hall–Kier alpha value is -0.780. The molecule has 0 aromatic heterocycles. The molecule has 1 saturated carbocycles. The number of nitrogen functional groups attached to an aromatic ring is 1. The van der Waals surface area contributed by atoms with Gasteiger partial charge in [-0.05, 0) is 44.4 Å². The maximum absolute atomic E-state index is 12.5. The Labute approximate surface area is 125 Å². The zero-order valence-corrected chi connectivity index (χ0v) is 13.4. The van der Waals surface area contributed by atoms with Crippen molar-refractivity contribution >= 4 is 27.3 Å². The molecule has 1 fully saturated rings. The highest BCUT2D eigenvalue weighted by atomic mass is 35.5. The van der Waals surface area contributed by atoms with E-state index in [1.165, 1.54) is 12.5 Å². The Morgan fingerprint density at radius 3 is 2.40 bits per heavy atom. The van der Waals surface area contributed by atoms with E-state index in [-0.39, 0.29) is 10.4 Å². The van der Waals surface area contributed by atoms with Crippen LogP contribution in [0.5, 0.6) is 0 Å². The molecule has 4 nitrogen and oxygen atoms in total. The number of rotatable bonds is 3. The van der Waals surface area contributed by atoms with E-state index >= 15 is 0 Å². The molecule has 6 heteroatoms. The molecule has 0 atom stereocenters. The van der Waals surface area contributed by atoms with Gasteiger partial charge in [0.15, 0.2) is 0 Å². The van der Waals surface area contributed by atoms with E-state index in [0.717, 1.165) is 25.7 Å². The number of sulfonamides is 1. The number of benzene rings is 1. The van der Waals surface area contributed by atoms with Gasteiger partial charge in [-0.15, -0.1) is 0 Å². The van der Waals surface area contributed by atoms with Gasteiger partial charge in [-0.1, -0.05) is 30.9 Å². The topological polar surface area (TPSA) is 72.2 Å². The number of nitrogens with two attached hydrogens (primary N) is 1. The van der Waals surface area contributed by atoms with Gasteiger partial charge in [-0.25, -0.2) is 13.1 Å². The van der Waals surface area contributed by atoms with Crippen LogP contribution in [0.3, 0.4) is 0 Å². The molecule has 2 rings (SSSR count). The van der Waals surface area contributed by atoms with E-state index in [2.05, 4.69) is 4.72 Å². The fourth-order valence-electron chi connectivity index (χ4n) is 2.74. The van der Waals surface area contributed by atoms with Crippen LogP contribution in [0.1, 0.15) is 44.6 Å². The van der Waals surface area contributed by atoms with Crippen molar-refractivity contribution in [2.75, 3.05) is 5.73 Å². The van der Waals surface area contributed by atoms with Gasteiger partial charge in [0.1, 0.15) is 0 Å². The summed E-state index contributed by atoms with van der Waals surface area (Å²) in [5.74, 6) is 0. The average Bonchev–Trinajstić information content (AvgIpc) is 2.35. The smallest absolute Gasteiger partial charge is 0.241 e. The number of hydrogen-bond donors (Lipinski definition) is 2. The predicted molar refractivity (Wildman–Crippen MR) is 82.4 cm³/mol. The second-order valence-corrected chi connectivity index (χ2v) is 7.93. The molecular weight excluding hydrogens is 296 g/mol. The monoisotopic (exact) mass is 316 g/mol. The molecule has 1 aliphatic carbocycles. The van der Waals surface area contributed by atoms with Crippen LogP contribution >= 0.6 is 11.6 Å². The molecular formula is C14H21ClN2O2S. The van der Waals surface area contributed by atoms with Gasteiger partial charge in [0.2, 0.25) is 10.0 Å². The van der Waals surface area contributed by atoms with Gasteiger partial charge in [0, 0.05) is 5.54 Å². The van der Waals surface area contributed by atoms with Crippen molar-refractivity contribution in [2.45, 2.75) is 56.4 Å². The molecule has 3 N–H and O–H groups in total. The molecule has 0 spiro atoms. The van der Waals surface area contributed by atoms with Crippen molar-refractivity contribution in [3.63, 3.8) is 0 Å². The summed E-state index contributed by atoms with van der Waals surface area (Å²) in [6, 6.07) is 2.98. The summed E-state index contributed by atoms with van der Waals surface area (Å²) in [5.41, 5.74) is 6.36. The minimum absolute atomic E-state index is 0.184. The Bertz CT molecular complexity index is 585. The molecule has 1 aromatic carbocycles. The van der Waals surface area contributed by atoms with Gasteiger partial charge >= 0.3 is 0 Å². The van der Waals surface area contributed by atoms with E-state index in [1.807, 2.05) is 6.92 Å². The van der Waals surface area contributed by atoms with Gasteiger partial charge in [-0.2, -0.15) is 0 Å². The first-order chi connectivity index (χ1) is 9.23. The Kier molecular flexibility index (Phi) is 4.33. The second-order valence-electron chi connectivity index (χ2n) is 5.87. The van der Waals surface area contributed by atoms with E-state index < -0.39 is 10.0 Å². The van der Waals surface area contributed by atoms with Crippen LogP contribution < -0.4 is 10.5 Å². The first-order valence-corrected chi connectivity index (χ1v) is 8.69. The number of anilines is 1. The van der Waals surface area contributed by atoms with E-state index in [1.54, 1.807) is 13.0 Å². The van der Waals surface area contributed by atoms with Gasteiger partial charge < -0.3 is 5.73 Å². The minimum Gasteiger partial charge on any atom is -0.397 e. The third kappa shape index (κ3) is 3.27. The van der Waals surface area contributed by atoms with Crippen molar-refractivity contribution in [1.82, 2.24) is 4.72 Å². The van der Waals surface area contributed by atoms with Crippen LogP contribution in [0, 0.1) is 6.92 Å². The fraction of sp³-hybridized carbons (Fsp3) is 0.571. The number of nitrogens with one attached hydrogen (secondary N) is 1. The fourth-order valence-corrected chi connectivity index (χ4v) is 4.43. The Morgan fingerprint density at radius 1 is 1.25 bits per heavy atom. The summed E-state index contributed by atoms with van der Waals surface area (Å²) in [7, 11) is -3.57. The van der Waals surface area contributed by atoms with Crippen LogP contribution in [0.2, 0.25) is 5.02 Å². The lowest BCUT2D eigenvalue weighted by Crippen LogP contribution is -2.47. The lowest BCUT2D eigenvalue weighted by Gasteiger charge is -2.34. The number of hydrogen-bond acceptors (Lipinski definition) is 3. The second kappa shape index (κ2) is 5.54. The van der Waals surface area contributed by atoms with E-state index in [4.69, 9.17) is 17.3 Å². The first kappa shape index (κ1) is 15.6. The van der Waals surface area contributed by atoms with Crippen LogP contribution in [0.25, 0.3) is 0 Å². The van der Waals surface area contributed by atoms with Crippen molar-refractivity contribution in [1.29, 1.82) is 0 Å². The molecule has 1 aliphatic rings. The SMILES string of the molecule is Cc1cc(S(=O)(=O)NC2(C)CCCCC2)cc(N)c1Cl. The quantitative estimate of drug-likeness (QED) is 0.841. The average molecular weight is 317 g/mol. The van der Waals surface area contributed by atoms with E-state index in [0.29, 0.717) is 16.3 Å². The summed E-state index contributed by atoms with van der Waals surface area (Å²) >= 11 is 5.98. The first-order valence-electron chi connectivity index (χ1n) is 6.83. The largest absolute Gasteiger partial charge is 0.397 e. The highest BCUT2D eigenvalue weighted by Gasteiger charge is 2.32. The normalized spacial score (nSPS) is 18.9. The zero-order chi connectivity index (χ0) is 15.0. The Morgan fingerprint density at radius 2 is 1.85 bits per heavy atom. The molecule has 0 bridgehead atoms. The lowest BCUT2D eigenvalue weighted by molar-refractivity contribution is 0.294. The van der Waals surface area contributed by atoms with Crippen molar-refractivity contribution in [3.8, 4) is 0 Å². The zero-order valence-electron chi connectivity index (χ0n) is 11.9. The maximum Gasteiger partial charge on any atom is 0.241 e. The van der Waals surface area contributed by atoms with Crippen molar-refractivity contribution < 1.29 is 8.42 Å². The van der Waals surface area contributed by atoms with Gasteiger partial charge in [-0.3, -0.25) is 0 Å². The highest BCUT2D eigenvalue weighted by Crippen LogP contribution is 2.31. The van der Waals surface area contributed by atoms with Gasteiger partial charge in [0.25, 0.3) is 0 Å². The summed E-state index contributed by atoms with van der Waals surface area (Å²) in [6.07, 6.45) is 5.02. The van der Waals surface area contributed by atoms with Crippen molar-refractivity contribution in [2.24, 2.45) is 0 Å². The van der Waals surface area contributed by atoms with Crippen LogP contribution in [0.15, 0.2) is 17.0 Å².